The third kappa shape index (κ3) is 10.4. The Bertz CT molecular complexity index is 392. The number of benzene rings is 1. The van der Waals surface area contributed by atoms with E-state index in [9.17, 15) is 10.1 Å². The Morgan fingerprint density at radius 3 is 1.59 bits per heavy atom. The zero-order valence-corrected chi connectivity index (χ0v) is 14.8. The van der Waals surface area contributed by atoms with Crippen LogP contribution in [-0.4, -0.2) is 25.9 Å². The largest absolute Gasteiger partial charge is 0.496 e. The smallest absolute Gasteiger partial charge is 0.314 e. The van der Waals surface area contributed by atoms with E-state index in [0.717, 1.165) is 5.56 Å². The highest BCUT2D eigenvalue weighted by atomic mass is 16.6. The van der Waals surface area contributed by atoms with Crippen LogP contribution in [0, 0.1) is 17.0 Å². The average Bonchev–Trinajstić information content (AvgIpc) is 2.61. The number of methoxy groups -OCH3 is 2. The number of carbonyl (C=O) groups is 1. The fourth-order valence-electron chi connectivity index (χ4n) is 1.18. The van der Waals surface area contributed by atoms with Crippen LogP contribution in [0.5, 0.6) is 11.5 Å². The summed E-state index contributed by atoms with van der Waals surface area (Å²) in [6.07, 6.45) is 0. The maximum Gasteiger partial charge on any atom is 0.314 e. The van der Waals surface area contributed by atoms with Gasteiger partial charge in [0, 0.05) is 0 Å². The number of hydrogen-bond donors (Lipinski definition) is 0. The van der Waals surface area contributed by atoms with Gasteiger partial charge < -0.3 is 14.3 Å². The second kappa shape index (κ2) is 20.9. The molecule has 0 aliphatic carbocycles. The molecule has 0 aromatic heterocycles. The minimum Gasteiger partial charge on any atom is -0.496 e. The second-order valence-electron chi connectivity index (χ2n) is 2.75. The number of carbonyl (C=O) groups excluding carboxylic acids is 1. The molecule has 6 heteroatoms. The first kappa shape index (κ1) is 27.9. The van der Waals surface area contributed by atoms with E-state index in [1.54, 1.807) is 13.0 Å². The fourth-order valence-corrected chi connectivity index (χ4v) is 1.18. The van der Waals surface area contributed by atoms with Crippen LogP contribution in [0.1, 0.15) is 33.3 Å². The Morgan fingerprint density at radius 1 is 0.955 bits per heavy atom. The van der Waals surface area contributed by atoms with Gasteiger partial charge in [0.25, 0.3) is 0 Å². The first-order chi connectivity index (χ1) is 10.6. The van der Waals surface area contributed by atoms with Crippen molar-refractivity contribution in [2.24, 2.45) is 0 Å². The van der Waals surface area contributed by atoms with Crippen LogP contribution < -0.4 is 9.47 Å². The molecule has 0 atom stereocenters. The summed E-state index contributed by atoms with van der Waals surface area (Å²) in [6.45, 7) is 17.8. The van der Waals surface area contributed by atoms with Crippen molar-refractivity contribution in [2.75, 3.05) is 14.2 Å². The van der Waals surface area contributed by atoms with Gasteiger partial charge in [0.05, 0.1) is 25.2 Å². The van der Waals surface area contributed by atoms with E-state index < -0.39 is 4.92 Å². The van der Waals surface area contributed by atoms with Crippen LogP contribution in [0.2, 0.25) is 0 Å². The predicted octanol–water partition coefficient (Wildman–Crippen LogP) is 4.59. The summed E-state index contributed by atoms with van der Waals surface area (Å²) < 4.78 is 9.87. The molecule has 0 radical (unpaired) electrons. The molecule has 0 amide bonds. The van der Waals surface area contributed by atoms with Gasteiger partial charge in [0.1, 0.15) is 12.5 Å². The lowest BCUT2D eigenvalue weighted by Gasteiger charge is -2.07. The van der Waals surface area contributed by atoms with Crippen molar-refractivity contribution in [3.05, 3.63) is 41.0 Å². The molecule has 1 aromatic carbocycles. The normalized spacial score (nSPS) is 7.05. The Labute approximate surface area is 133 Å². The lowest BCUT2D eigenvalue weighted by Crippen LogP contribution is -1.96. The number of nitro groups is 1. The molecule has 0 unspecified atom stereocenters. The quantitative estimate of drug-likeness (QED) is 0.463. The maximum atomic E-state index is 10.6. The standard InChI is InChI=1S/C9H11NO4.2C2H6.C2H4.CH2O/c1-6-4-9(14-3)7(10(11)12)5-8(6)13-2;4*1-2/h4-5H,1-3H3;2*1-2H3;1-2H2;1H2. The highest BCUT2D eigenvalue weighted by Gasteiger charge is 2.17. The summed E-state index contributed by atoms with van der Waals surface area (Å²) in [4.78, 5) is 18.1. The Hall–Kier alpha value is -2.37. The number of nitrogens with zero attached hydrogens (tertiary/aromatic N) is 1. The highest BCUT2D eigenvalue weighted by Crippen LogP contribution is 2.33. The molecular weight excluding hydrogens is 286 g/mol. The second-order valence-corrected chi connectivity index (χ2v) is 2.75. The van der Waals surface area contributed by atoms with Gasteiger partial charge in [-0.15, -0.1) is 13.2 Å². The van der Waals surface area contributed by atoms with Crippen LogP contribution in [0.4, 0.5) is 5.69 Å². The van der Waals surface area contributed by atoms with Crippen LogP contribution in [0.25, 0.3) is 0 Å². The molecule has 0 heterocycles. The molecule has 0 fully saturated rings. The van der Waals surface area contributed by atoms with Crippen molar-refractivity contribution in [3.63, 3.8) is 0 Å². The molecule has 22 heavy (non-hydrogen) atoms. The van der Waals surface area contributed by atoms with E-state index in [2.05, 4.69) is 13.2 Å². The third-order valence-electron chi connectivity index (χ3n) is 1.89. The molecule has 0 aliphatic heterocycles. The molecule has 6 nitrogen and oxygen atoms in total. The van der Waals surface area contributed by atoms with Gasteiger partial charge in [-0.3, -0.25) is 10.1 Å². The molecule has 1 rings (SSSR count). The third-order valence-corrected chi connectivity index (χ3v) is 1.89. The molecule has 0 saturated carbocycles. The number of rotatable bonds is 3. The van der Waals surface area contributed by atoms with Crippen LogP contribution in [-0.2, 0) is 4.79 Å². The van der Waals surface area contributed by atoms with Gasteiger partial charge in [-0.2, -0.15) is 0 Å². The molecule has 128 valence electrons. The average molecular weight is 315 g/mol. The van der Waals surface area contributed by atoms with E-state index in [4.69, 9.17) is 14.3 Å². The van der Waals surface area contributed by atoms with E-state index in [-0.39, 0.29) is 11.4 Å². The van der Waals surface area contributed by atoms with Gasteiger partial charge in [0.2, 0.25) is 0 Å². The molecule has 1 aromatic rings. The maximum absolute atomic E-state index is 10.6. The molecular formula is C16H29NO5. The van der Waals surface area contributed by atoms with Crippen LogP contribution >= 0.6 is 0 Å². The Balaban J connectivity index is -0.000000175. The zero-order valence-electron chi connectivity index (χ0n) is 14.8. The zero-order chi connectivity index (χ0) is 18.7. The van der Waals surface area contributed by atoms with Crippen molar-refractivity contribution in [2.45, 2.75) is 34.6 Å². The van der Waals surface area contributed by atoms with Crippen molar-refractivity contribution >= 4 is 12.5 Å². The van der Waals surface area contributed by atoms with E-state index in [1.807, 2.05) is 34.5 Å². The summed E-state index contributed by atoms with van der Waals surface area (Å²) in [5.74, 6) is 0.728. The molecule has 0 saturated heterocycles. The van der Waals surface area contributed by atoms with Gasteiger partial charge >= 0.3 is 5.69 Å². The summed E-state index contributed by atoms with van der Waals surface area (Å²) >= 11 is 0. The predicted molar refractivity (Wildman–Crippen MR) is 92.0 cm³/mol. The van der Waals surface area contributed by atoms with Crippen LogP contribution in [0.15, 0.2) is 25.3 Å². The van der Waals surface area contributed by atoms with Gasteiger partial charge in [-0.05, 0) is 18.6 Å². The molecule has 0 N–H and O–H groups in total. The molecule has 0 aliphatic rings. The minimum absolute atomic E-state index is 0.0880. The van der Waals surface area contributed by atoms with Gasteiger partial charge in [-0.25, -0.2) is 0 Å². The number of ether oxygens (including phenoxy) is 2. The first-order valence-electron chi connectivity index (χ1n) is 6.76. The fraction of sp³-hybridized carbons (Fsp3) is 0.438. The minimum atomic E-state index is -0.499. The number of nitro benzene ring substituents is 1. The lowest BCUT2D eigenvalue weighted by atomic mass is 10.2. The van der Waals surface area contributed by atoms with Gasteiger partial charge in [-0.1, -0.05) is 27.7 Å². The summed E-state index contributed by atoms with van der Waals surface area (Å²) in [5, 5.41) is 10.6. The Morgan fingerprint density at radius 2 is 1.32 bits per heavy atom. The van der Waals surface area contributed by atoms with E-state index in [0.29, 0.717) is 5.75 Å². The van der Waals surface area contributed by atoms with Crippen molar-refractivity contribution < 1.29 is 19.2 Å². The monoisotopic (exact) mass is 315 g/mol. The first-order valence-corrected chi connectivity index (χ1v) is 6.76. The molecule has 0 bridgehead atoms. The number of aryl methyl sites for hydroxylation is 1. The van der Waals surface area contributed by atoms with E-state index >= 15 is 0 Å². The van der Waals surface area contributed by atoms with Crippen LogP contribution in [0.3, 0.4) is 0 Å². The number of hydrogen-bond acceptors (Lipinski definition) is 5. The highest BCUT2D eigenvalue weighted by molar-refractivity contribution is 5.54. The van der Waals surface area contributed by atoms with Crippen molar-refractivity contribution in [1.29, 1.82) is 0 Å². The van der Waals surface area contributed by atoms with Gasteiger partial charge in [0.15, 0.2) is 5.75 Å². The summed E-state index contributed by atoms with van der Waals surface area (Å²) in [7, 11) is 2.87. The topological polar surface area (TPSA) is 78.7 Å². The summed E-state index contributed by atoms with van der Waals surface area (Å²) in [6, 6.07) is 2.94. The lowest BCUT2D eigenvalue weighted by molar-refractivity contribution is -0.385. The SMILES string of the molecule is C=C.C=O.CC.CC.COc1cc([N+](=O)[O-])c(OC)cc1C. The van der Waals surface area contributed by atoms with E-state index in [1.165, 1.54) is 20.3 Å². The van der Waals surface area contributed by atoms with Crippen molar-refractivity contribution in [3.8, 4) is 11.5 Å². The molecule has 0 spiro atoms. The van der Waals surface area contributed by atoms with Crippen molar-refractivity contribution in [1.82, 2.24) is 0 Å². The summed E-state index contributed by atoms with van der Waals surface area (Å²) in [5.41, 5.74) is 0.713. The Kier molecular flexibility index (Phi) is 26.5.